The van der Waals surface area contributed by atoms with Crippen molar-refractivity contribution >= 4 is 11.6 Å². The van der Waals surface area contributed by atoms with Crippen molar-refractivity contribution < 1.29 is 9.47 Å². The predicted molar refractivity (Wildman–Crippen MR) is 63.0 cm³/mol. The van der Waals surface area contributed by atoms with Crippen LogP contribution in [0.4, 0.5) is 0 Å². The first kappa shape index (κ1) is 13.2. The molecule has 0 aliphatic heterocycles. The first-order chi connectivity index (χ1) is 7.65. The first-order valence-electron chi connectivity index (χ1n) is 5.34. The van der Waals surface area contributed by atoms with Crippen molar-refractivity contribution in [2.75, 3.05) is 13.7 Å². The Labute approximate surface area is 101 Å². The molecule has 0 bridgehead atoms. The number of hydrogen-bond donors (Lipinski definition) is 0. The van der Waals surface area contributed by atoms with Crippen LogP contribution in [0.2, 0.25) is 5.15 Å². The van der Waals surface area contributed by atoms with Crippen LogP contribution in [0.1, 0.15) is 26.1 Å². The highest BCUT2D eigenvalue weighted by Gasteiger charge is 2.07. The molecule has 0 radical (unpaired) electrons. The molecule has 0 N–H and O–H groups in total. The molecule has 1 rings (SSSR count). The summed E-state index contributed by atoms with van der Waals surface area (Å²) >= 11 is 5.88. The minimum Gasteiger partial charge on any atom is -0.472 e. The van der Waals surface area contributed by atoms with Crippen LogP contribution in [-0.4, -0.2) is 29.8 Å². The monoisotopic (exact) mass is 244 g/mol. The Balaban J connectivity index is 2.71. The lowest BCUT2D eigenvalue weighted by Gasteiger charge is -2.13. The van der Waals surface area contributed by atoms with Gasteiger partial charge in [0.1, 0.15) is 17.1 Å². The van der Waals surface area contributed by atoms with Crippen LogP contribution in [0.25, 0.3) is 0 Å². The highest BCUT2D eigenvalue weighted by molar-refractivity contribution is 6.29. The van der Waals surface area contributed by atoms with Crippen molar-refractivity contribution in [1.29, 1.82) is 0 Å². The first-order valence-corrected chi connectivity index (χ1v) is 5.72. The number of nitrogens with zero attached hydrogens (tertiary/aromatic N) is 2. The zero-order valence-corrected chi connectivity index (χ0v) is 10.6. The van der Waals surface area contributed by atoms with Crippen LogP contribution in [0.3, 0.4) is 0 Å². The Hall–Kier alpha value is -0.870. The molecule has 90 valence electrons. The summed E-state index contributed by atoms with van der Waals surface area (Å²) in [4.78, 5) is 8.39. The van der Waals surface area contributed by atoms with E-state index in [9.17, 15) is 0 Å². The normalized spacial score (nSPS) is 12.5. The Morgan fingerprint density at radius 3 is 2.81 bits per heavy atom. The second-order valence-electron chi connectivity index (χ2n) is 3.58. The van der Waals surface area contributed by atoms with E-state index in [4.69, 9.17) is 21.1 Å². The molecule has 1 aromatic heterocycles. The fourth-order valence-corrected chi connectivity index (χ4v) is 1.50. The van der Waals surface area contributed by atoms with Gasteiger partial charge in [-0.1, -0.05) is 18.5 Å². The third-order valence-corrected chi connectivity index (χ3v) is 2.11. The topological polar surface area (TPSA) is 44.2 Å². The lowest BCUT2D eigenvalue weighted by atomic mass is 10.3. The Bertz CT molecular complexity index is 334. The van der Waals surface area contributed by atoms with E-state index in [2.05, 4.69) is 16.9 Å². The molecule has 0 saturated heterocycles. The second kappa shape index (κ2) is 6.66. The SMILES string of the molecule is CCCc1nc(Cl)cc(OC(C)COC)n1. The summed E-state index contributed by atoms with van der Waals surface area (Å²) in [6.07, 6.45) is 1.73. The van der Waals surface area contributed by atoms with Crippen molar-refractivity contribution in [3.63, 3.8) is 0 Å². The number of halogens is 1. The fraction of sp³-hybridized carbons (Fsp3) is 0.636. The lowest BCUT2D eigenvalue weighted by Crippen LogP contribution is -2.19. The molecule has 16 heavy (non-hydrogen) atoms. The van der Waals surface area contributed by atoms with Crippen molar-refractivity contribution in [2.24, 2.45) is 0 Å². The molecule has 0 saturated carbocycles. The van der Waals surface area contributed by atoms with Gasteiger partial charge < -0.3 is 9.47 Å². The molecule has 0 fully saturated rings. The summed E-state index contributed by atoms with van der Waals surface area (Å²) in [7, 11) is 1.63. The van der Waals surface area contributed by atoms with Crippen molar-refractivity contribution in [2.45, 2.75) is 32.8 Å². The summed E-state index contributed by atoms with van der Waals surface area (Å²) in [6, 6.07) is 1.62. The van der Waals surface area contributed by atoms with Gasteiger partial charge in [-0.3, -0.25) is 0 Å². The highest BCUT2D eigenvalue weighted by atomic mass is 35.5. The number of ether oxygens (including phenoxy) is 2. The number of methoxy groups -OCH3 is 1. The third kappa shape index (κ3) is 4.33. The number of rotatable bonds is 6. The van der Waals surface area contributed by atoms with Gasteiger partial charge in [0.2, 0.25) is 5.88 Å². The van der Waals surface area contributed by atoms with E-state index in [1.807, 2.05) is 6.92 Å². The van der Waals surface area contributed by atoms with Crippen LogP contribution in [0.5, 0.6) is 5.88 Å². The maximum absolute atomic E-state index is 5.88. The molecular formula is C11H17ClN2O2. The Morgan fingerprint density at radius 1 is 1.44 bits per heavy atom. The highest BCUT2D eigenvalue weighted by Crippen LogP contribution is 2.15. The molecular weight excluding hydrogens is 228 g/mol. The van der Waals surface area contributed by atoms with Crippen LogP contribution in [-0.2, 0) is 11.2 Å². The molecule has 0 aromatic carbocycles. The van der Waals surface area contributed by atoms with Crippen LogP contribution < -0.4 is 4.74 Å². The van der Waals surface area contributed by atoms with Gasteiger partial charge in [0.05, 0.1) is 6.61 Å². The quantitative estimate of drug-likeness (QED) is 0.722. The van der Waals surface area contributed by atoms with Crippen molar-refractivity contribution in [3.8, 4) is 5.88 Å². The van der Waals surface area contributed by atoms with Crippen LogP contribution in [0, 0.1) is 0 Å². The van der Waals surface area contributed by atoms with Crippen molar-refractivity contribution in [1.82, 2.24) is 9.97 Å². The van der Waals surface area contributed by atoms with Gasteiger partial charge in [0, 0.05) is 19.6 Å². The van der Waals surface area contributed by atoms with E-state index in [0.717, 1.165) is 18.7 Å². The zero-order valence-electron chi connectivity index (χ0n) is 9.86. The van der Waals surface area contributed by atoms with Gasteiger partial charge in [-0.2, -0.15) is 4.98 Å². The molecule has 0 aliphatic rings. The third-order valence-electron chi connectivity index (χ3n) is 1.91. The molecule has 1 atom stereocenters. The molecule has 4 nitrogen and oxygen atoms in total. The summed E-state index contributed by atoms with van der Waals surface area (Å²) in [5, 5.41) is 0.415. The minimum absolute atomic E-state index is 0.0505. The Kier molecular flexibility index (Phi) is 5.49. The minimum atomic E-state index is -0.0505. The molecule has 0 amide bonds. The molecule has 0 aliphatic carbocycles. The standard InChI is InChI=1S/C11H17ClN2O2/c1-4-5-10-13-9(12)6-11(14-10)16-8(2)7-15-3/h6,8H,4-5,7H2,1-3H3. The van der Waals surface area contributed by atoms with Gasteiger partial charge >= 0.3 is 0 Å². The maximum Gasteiger partial charge on any atom is 0.218 e. The number of hydrogen-bond acceptors (Lipinski definition) is 4. The Morgan fingerprint density at radius 2 is 2.19 bits per heavy atom. The van der Waals surface area contributed by atoms with E-state index in [-0.39, 0.29) is 6.10 Å². The van der Waals surface area contributed by atoms with E-state index in [1.165, 1.54) is 0 Å². The van der Waals surface area contributed by atoms with Gasteiger partial charge in [-0.05, 0) is 13.3 Å². The van der Waals surface area contributed by atoms with E-state index in [1.54, 1.807) is 13.2 Å². The molecule has 1 unspecified atom stereocenters. The lowest BCUT2D eigenvalue weighted by molar-refractivity contribution is 0.0887. The predicted octanol–water partition coefficient (Wildman–Crippen LogP) is 2.50. The summed E-state index contributed by atoms with van der Waals surface area (Å²) in [5.41, 5.74) is 0. The number of aryl methyl sites for hydroxylation is 1. The van der Waals surface area contributed by atoms with E-state index in [0.29, 0.717) is 17.6 Å². The van der Waals surface area contributed by atoms with Gasteiger partial charge in [-0.15, -0.1) is 0 Å². The zero-order chi connectivity index (χ0) is 12.0. The van der Waals surface area contributed by atoms with Gasteiger partial charge in [0.15, 0.2) is 0 Å². The molecule has 0 spiro atoms. The molecule has 5 heteroatoms. The van der Waals surface area contributed by atoms with Crippen molar-refractivity contribution in [3.05, 3.63) is 17.0 Å². The van der Waals surface area contributed by atoms with Crippen LogP contribution in [0.15, 0.2) is 6.07 Å². The summed E-state index contributed by atoms with van der Waals surface area (Å²) < 4.78 is 10.5. The van der Waals surface area contributed by atoms with E-state index < -0.39 is 0 Å². The average molecular weight is 245 g/mol. The average Bonchev–Trinajstić information content (AvgIpc) is 2.17. The van der Waals surface area contributed by atoms with Crippen LogP contribution >= 0.6 is 11.6 Å². The number of aromatic nitrogens is 2. The largest absolute Gasteiger partial charge is 0.472 e. The van der Waals surface area contributed by atoms with Gasteiger partial charge in [-0.25, -0.2) is 4.98 Å². The summed E-state index contributed by atoms with van der Waals surface area (Å²) in [6.45, 7) is 4.50. The van der Waals surface area contributed by atoms with Gasteiger partial charge in [0.25, 0.3) is 0 Å². The smallest absolute Gasteiger partial charge is 0.218 e. The second-order valence-corrected chi connectivity index (χ2v) is 3.97. The van der Waals surface area contributed by atoms with E-state index >= 15 is 0 Å². The molecule has 1 heterocycles. The summed E-state index contributed by atoms with van der Waals surface area (Å²) in [5.74, 6) is 1.22. The fourth-order valence-electron chi connectivity index (χ4n) is 1.31. The maximum atomic E-state index is 5.88. The molecule has 1 aromatic rings.